The van der Waals surface area contributed by atoms with Crippen LogP contribution in [0, 0.1) is 0 Å². The largest absolute Gasteiger partial charge is 0.341 e. The molecule has 1 aliphatic heterocycles. The van der Waals surface area contributed by atoms with Gasteiger partial charge in [0.2, 0.25) is 11.8 Å². The monoisotopic (exact) mass is 508 g/mol. The fourth-order valence-electron chi connectivity index (χ4n) is 5.24. The molecule has 6 nitrogen and oxygen atoms in total. The number of fused-ring (bicyclic) bond motifs is 1. The van der Waals surface area contributed by atoms with Gasteiger partial charge in [-0.05, 0) is 49.2 Å². The molecule has 33 heavy (non-hydrogen) atoms. The summed E-state index contributed by atoms with van der Waals surface area (Å²) in [4.78, 5) is 34.9. The summed E-state index contributed by atoms with van der Waals surface area (Å²) in [7, 11) is 1.94. The highest BCUT2D eigenvalue weighted by Crippen LogP contribution is 2.34. The molecule has 2 aliphatic rings. The van der Waals surface area contributed by atoms with E-state index < -0.39 is 0 Å². The maximum absolute atomic E-state index is 13.3. The molecule has 3 aromatic rings. The molecule has 5 rings (SSSR count). The highest BCUT2D eigenvalue weighted by atomic mass is 79.9. The number of likely N-dealkylation sites (N-methyl/N-ethyl adjacent to an activating group) is 1. The molecule has 1 unspecified atom stereocenters. The molecule has 0 radical (unpaired) electrons. The number of benzene rings is 2. The van der Waals surface area contributed by atoms with Gasteiger partial charge in [0.05, 0.1) is 11.0 Å². The zero-order chi connectivity index (χ0) is 22.9. The Hall–Kier alpha value is -2.67. The smallest absolute Gasteiger partial charge is 0.242 e. The van der Waals surface area contributed by atoms with Crippen LogP contribution in [-0.4, -0.2) is 45.9 Å². The van der Waals surface area contributed by atoms with Crippen LogP contribution in [0.5, 0.6) is 0 Å². The van der Waals surface area contributed by atoms with E-state index >= 15 is 0 Å². The molecule has 0 N–H and O–H groups in total. The summed E-state index contributed by atoms with van der Waals surface area (Å²) in [5.41, 5.74) is 2.71. The lowest BCUT2D eigenvalue weighted by molar-refractivity contribution is -0.133. The number of aromatic nitrogens is 2. The van der Waals surface area contributed by atoms with Crippen LogP contribution in [0.3, 0.4) is 0 Å². The first-order valence-corrected chi connectivity index (χ1v) is 12.6. The van der Waals surface area contributed by atoms with Crippen molar-refractivity contribution in [1.29, 1.82) is 0 Å². The Balaban J connectivity index is 1.43. The van der Waals surface area contributed by atoms with Gasteiger partial charge in [0.1, 0.15) is 12.4 Å². The van der Waals surface area contributed by atoms with Crippen molar-refractivity contribution < 1.29 is 9.59 Å². The molecule has 172 valence electrons. The van der Waals surface area contributed by atoms with Gasteiger partial charge >= 0.3 is 0 Å². The van der Waals surface area contributed by atoms with E-state index in [0.29, 0.717) is 19.0 Å². The number of carbonyl (C=O) groups excluding carboxylic acids is 2. The van der Waals surface area contributed by atoms with Gasteiger partial charge in [-0.2, -0.15) is 0 Å². The third-order valence-electron chi connectivity index (χ3n) is 7.12. The fourth-order valence-corrected chi connectivity index (χ4v) is 5.51. The van der Waals surface area contributed by atoms with Gasteiger partial charge in [-0.15, -0.1) is 0 Å². The number of halogens is 1. The molecule has 1 aliphatic carbocycles. The van der Waals surface area contributed by atoms with Gasteiger partial charge in [-0.1, -0.05) is 47.3 Å². The number of nitrogens with zero attached hydrogens (tertiary/aromatic N) is 4. The number of amides is 2. The lowest BCUT2D eigenvalue weighted by atomic mass is 9.94. The summed E-state index contributed by atoms with van der Waals surface area (Å²) in [5.74, 6) is 0.975. The average molecular weight is 509 g/mol. The first-order valence-electron chi connectivity index (χ1n) is 11.8. The first kappa shape index (κ1) is 22.1. The number of anilines is 1. The first-order chi connectivity index (χ1) is 16.0. The number of para-hydroxylation sites is 2. The molecule has 0 spiro atoms. The molecule has 2 fully saturated rings. The summed E-state index contributed by atoms with van der Waals surface area (Å²) in [5, 5.41) is 0. The molecule has 1 saturated carbocycles. The quantitative estimate of drug-likeness (QED) is 0.481. The second kappa shape index (κ2) is 9.29. The van der Waals surface area contributed by atoms with Crippen LogP contribution in [-0.2, 0) is 16.1 Å². The maximum atomic E-state index is 13.3. The van der Waals surface area contributed by atoms with Crippen molar-refractivity contribution in [3.63, 3.8) is 0 Å². The third-order valence-corrected chi connectivity index (χ3v) is 7.65. The number of hydrogen-bond acceptors (Lipinski definition) is 3. The SMILES string of the molecule is CN(C(=O)Cn1c(C2CC(=O)N(c3ccc(Br)cc3)C2)nc2ccccc21)C1CCCCC1. The minimum Gasteiger partial charge on any atom is -0.341 e. The Morgan fingerprint density at radius 1 is 1.09 bits per heavy atom. The van der Waals surface area contributed by atoms with Gasteiger partial charge in [-0.3, -0.25) is 9.59 Å². The minimum absolute atomic E-state index is 0.0543. The topological polar surface area (TPSA) is 58.4 Å². The van der Waals surface area contributed by atoms with E-state index in [1.807, 2.05) is 69.9 Å². The van der Waals surface area contributed by atoms with Crippen molar-refractivity contribution >= 4 is 44.5 Å². The second-order valence-corrected chi connectivity index (χ2v) is 10.1. The van der Waals surface area contributed by atoms with E-state index in [9.17, 15) is 9.59 Å². The lowest BCUT2D eigenvalue weighted by Gasteiger charge is -2.31. The molecule has 1 aromatic heterocycles. The van der Waals surface area contributed by atoms with Crippen LogP contribution in [0.15, 0.2) is 53.0 Å². The maximum Gasteiger partial charge on any atom is 0.242 e. The van der Waals surface area contributed by atoms with Crippen molar-refractivity contribution in [2.45, 2.75) is 57.0 Å². The summed E-state index contributed by atoms with van der Waals surface area (Å²) >= 11 is 3.46. The molecule has 1 saturated heterocycles. The Kier molecular flexibility index (Phi) is 6.23. The third kappa shape index (κ3) is 4.43. The van der Waals surface area contributed by atoms with Crippen molar-refractivity contribution in [2.75, 3.05) is 18.5 Å². The Morgan fingerprint density at radius 2 is 1.82 bits per heavy atom. The van der Waals surface area contributed by atoms with Crippen molar-refractivity contribution in [1.82, 2.24) is 14.5 Å². The van der Waals surface area contributed by atoms with E-state index in [1.54, 1.807) is 0 Å². The molecule has 0 bridgehead atoms. The van der Waals surface area contributed by atoms with E-state index in [4.69, 9.17) is 4.98 Å². The van der Waals surface area contributed by atoms with Gasteiger partial charge in [0.25, 0.3) is 0 Å². The van der Waals surface area contributed by atoms with Gasteiger partial charge < -0.3 is 14.4 Å². The van der Waals surface area contributed by atoms with Gasteiger partial charge in [0.15, 0.2) is 0 Å². The van der Waals surface area contributed by atoms with Crippen LogP contribution in [0.1, 0.15) is 50.3 Å². The standard InChI is InChI=1S/C26H29BrN4O2/c1-29(20-7-3-2-4-8-20)25(33)17-31-23-10-6-5-9-22(23)28-26(31)18-15-24(32)30(16-18)21-13-11-19(27)12-14-21/h5-6,9-14,18,20H,2-4,7-8,15-17H2,1H3. The van der Waals surface area contributed by atoms with E-state index in [1.165, 1.54) is 19.3 Å². The molecule has 2 heterocycles. The highest BCUT2D eigenvalue weighted by molar-refractivity contribution is 9.10. The minimum atomic E-state index is -0.0543. The second-order valence-electron chi connectivity index (χ2n) is 9.22. The number of carbonyl (C=O) groups is 2. The van der Waals surface area contributed by atoms with Crippen molar-refractivity contribution in [3.05, 3.63) is 58.8 Å². The summed E-state index contributed by atoms with van der Waals surface area (Å²) in [6, 6.07) is 16.1. The summed E-state index contributed by atoms with van der Waals surface area (Å²) < 4.78 is 3.02. The zero-order valence-electron chi connectivity index (χ0n) is 18.9. The van der Waals surface area contributed by atoms with E-state index in [0.717, 1.165) is 39.9 Å². The fraction of sp³-hybridized carbons (Fsp3) is 0.423. The van der Waals surface area contributed by atoms with E-state index in [-0.39, 0.29) is 24.3 Å². The van der Waals surface area contributed by atoms with Crippen LogP contribution in [0.25, 0.3) is 11.0 Å². The molecular weight excluding hydrogens is 480 g/mol. The zero-order valence-corrected chi connectivity index (χ0v) is 20.5. The van der Waals surface area contributed by atoms with Gasteiger partial charge in [0, 0.05) is 42.1 Å². The van der Waals surface area contributed by atoms with Crippen molar-refractivity contribution in [3.8, 4) is 0 Å². The van der Waals surface area contributed by atoms with Crippen LogP contribution < -0.4 is 4.90 Å². The van der Waals surface area contributed by atoms with Crippen molar-refractivity contribution in [2.24, 2.45) is 0 Å². The number of imidazole rings is 1. The molecular formula is C26H29BrN4O2. The average Bonchev–Trinajstić information content (AvgIpc) is 3.40. The van der Waals surface area contributed by atoms with Crippen LogP contribution in [0.4, 0.5) is 5.69 Å². The number of hydrogen-bond donors (Lipinski definition) is 0. The van der Waals surface area contributed by atoms with E-state index in [2.05, 4.69) is 15.9 Å². The lowest BCUT2D eigenvalue weighted by Crippen LogP contribution is -2.40. The number of rotatable bonds is 5. The molecule has 2 aromatic carbocycles. The predicted molar refractivity (Wildman–Crippen MR) is 133 cm³/mol. The Labute approximate surface area is 202 Å². The molecule has 2 amide bonds. The molecule has 7 heteroatoms. The van der Waals surface area contributed by atoms with Crippen LogP contribution >= 0.6 is 15.9 Å². The Morgan fingerprint density at radius 3 is 2.58 bits per heavy atom. The summed E-state index contributed by atoms with van der Waals surface area (Å²) in [6.45, 7) is 0.822. The van der Waals surface area contributed by atoms with Crippen LogP contribution in [0.2, 0.25) is 0 Å². The molecule has 1 atom stereocenters. The predicted octanol–water partition coefficient (Wildman–Crippen LogP) is 5.11. The summed E-state index contributed by atoms with van der Waals surface area (Å²) in [6.07, 6.45) is 6.21. The Bertz CT molecular complexity index is 1170. The normalized spacial score (nSPS) is 19.4. The van der Waals surface area contributed by atoms with Gasteiger partial charge in [-0.25, -0.2) is 4.98 Å². The highest BCUT2D eigenvalue weighted by Gasteiger charge is 2.35.